The zero-order valence-corrected chi connectivity index (χ0v) is 7.89. The van der Waals surface area contributed by atoms with Crippen LogP contribution in [0, 0.1) is 6.57 Å². The van der Waals surface area contributed by atoms with Crippen LogP contribution in [0.4, 0.5) is 5.69 Å². The number of benzene rings is 1. The average Bonchev–Trinajstić information content (AvgIpc) is 2.03. The first-order valence-corrected chi connectivity index (χ1v) is 4.20. The minimum absolute atomic E-state index is 0.414. The van der Waals surface area contributed by atoms with Crippen molar-refractivity contribution in [2.24, 2.45) is 0 Å². The molecular formula is C10H10ClN. The van der Waals surface area contributed by atoms with Crippen LogP contribution in [-0.2, 0) is 0 Å². The van der Waals surface area contributed by atoms with Gasteiger partial charge in [0, 0.05) is 5.02 Å². The van der Waals surface area contributed by atoms with Gasteiger partial charge < -0.3 is 0 Å². The Balaban J connectivity index is 3.14. The number of hydrogen-bond donors (Lipinski definition) is 0. The predicted molar refractivity (Wildman–Crippen MR) is 51.8 cm³/mol. The summed E-state index contributed by atoms with van der Waals surface area (Å²) in [6.07, 6.45) is 0. The number of halogens is 1. The molecule has 2 heteroatoms. The van der Waals surface area contributed by atoms with E-state index in [1.54, 1.807) is 12.1 Å². The van der Waals surface area contributed by atoms with Gasteiger partial charge in [0.2, 0.25) is 0 Å². The van der Waals surface area contributed by atoms with Crippen LogP contribution in [0.3, 0.4) is 0 Å². The second-order valence-corrected chi connectivity index (χ2v) is 3.38. The topological polar surface area (TPSA) is 4.36 Å². The van der Waals surface area contributed by atoms with E-state index in [1.165, 1.54) is 0 Å². The van der Waals surface area contributed by atoms with Crippen molar-refractivity contribution >= 4 is 17.3 Å². The van der Waals surface area contributed by atoms with Gasteiger partial charge in [-0.05, 0) is 17.5 Å². The molecule has 0 spiro atoms. The molecule has 0 aliphatic carbocycles. The number of rotatable bonds is 1. The predicted octanol–water partition coefficient (Wildman–Crippen LogP) is 4.01. The Morgan fingerprint density at radius 3 is 2.50 bits per heavy atom. The second-order valence-electron chi connectivity index (χ2n) is 2.97. The third-order valence-corrected chi connectivity index (χ3v) is 2.06. The Bertz CT molecular complexity index is 323. The summed E-state index contributed by atoms with van der Waals surface area (Å²) in [6, 6.07) is 5.43. The lowest BCUT2D eigenvalue weighted by atomic mass is 10.0. The normalized spacial score (nSPS) is 9.92. The first-order valence-electron chi connectivity index (χ1n) is 3.82. The highest BCUT2D eigenvalue weighted by atomic mass is 35.5. The lowest BCUT2D eigenvalue weighted by molar-refractivity contribution is 0.867. The molecule has 0 saturated carbocycles. The molecule has 0 fully saturated rings. The fraction of sp³-hybridized carbons (Fsp3) is 0.300. The molecule has 1 rings (SSSR count). The van der Waals surface area contributed by atoms with Crippen molar-refractivity contribution in [3.8, 4) is 0 Å². The largest absolute Gasteiger partial charge is 0.238 e. The van der Waals surface area contributed by atoms with Crippen molar-refractivity contribution in [3.05, 3.63) is 40.2 Å². The SMILES string of the molecule is [C-]#[N+]c1ccc(C(C)C)c(Cl)c1. The van der Waals surface area contributed by atoms with Gasteiger partial charge in [0.1, 0.15) is 0 Å². The smallest absolute Gasteiger partial charge is 0.188 e. The molecule has 1 nitrogen and oxygen atoms in total. The highest BCUT2D eigenvalue weighted by Gasteiger charge is 2.04. The van der Waals surface area contributed by atoms with Crippen LogP contribution in [0.2, 0.25) is 5.02 Å². The summed E-state index contributed by atoms with van der Waals surface area (Å²) in [5, 5.41) is 0.693. The van der Waals surface area contributed by atoms with E-state index in [0.29, 0.717) is 16.6 Å². The van der Waals surface area contributed by atoms with Gasteiger partial charge in [0.25, 0.3) is 0 Å². The van der Waals surface area contributed by atoms with Crippen LogP contribution in [0.15, 0.2) is 18.2 Å². The minimum atomic E-state index is 0.414. The molecule has 0 atom stereocenters. The van der Waals surface area contributed by atoms with Crippen LogP contribution < -0.4 is 0 Å². The molecule has 1 aromatic carbocycles. The van der Waals surface area contributed by atoms with E-state index in [9.17, 15) is 0 Å². The van der Waals surface area contributed by atoms with Crippen molar-refractivity contribution in [1.82, 2.24) is 0 Å². The fourth-order valence-electron chi connectivity index (χ4n) is 1.05. The molecule has 0 saturated heterocycles. The van der Waals surface area contributed by atoms with E-state index in [2.05, 4.69) is 18.7 Å². The minimum Gasteiger partial charge on any atom is -0.238 e. The number of nitrogens with zero attached hydrogens (tertiary/aromatic N) is 1. The van der Waals surface area contributed by atoms with Gasteiger partial charge in [0.15, 0.2) is 5.69 Å². The van der Waals surface area contributed by atoms with Crippen LogP contribution in [0.25, 0.3) is 4.85 Å². The van der Waals surface area contributed by atoms with E-state index >= 15 is 0 Å². The summed E-state index contributed by atoms with van der Waals surface area (Å²) >= 11 is 5.96. The molecule has 0 aromatic heterocycles. The van der Waals surface area contributed by atoms with Crippen molar-refractivity contribution in [1.29, 1.82) is 0 Å². The Kier molecular flexibility index (Phi) is 2.73. The summed E-state index contributed by atoms with van der Waals surface area (Å²) < 4.78 is 0. The lowest BCUT2D eigenvalue weighted by Crippen LogP contribution is -1.87. The first-order chi connectivity index (χ1) is 5.65. The van der Waals surface area contributed by atoms with E-state index in [4.69, 9.17) is 18.2 Å². The second kappa shape index (κ2) is 3.60. The molecule has 62 valence electrons. The summed E-state index contributed by atoms with van der Waals surface area (Å²) in [6.45, 7) is 10.9. The first kappa shape index (κ1) is 9.09. The van der Waals surface area contributed by atoms with Crippen LogP contribution in [-0.4, -0.2) is 0 Å². The monoisotopic (exact) mass is 179 g/mol. The van der Waals surface area contributed by atoms with Crippen molar-refractivity contribution in [2.75, 3.05) is 0 Å². The standard InChI is InChI=1S/C10H10ClN/c1-7(2)9-5-4-8(12-3)6-10(9)11/h4-7H,1-2H3. The van der Waals surface area contributed by atoms with E-state index < -0.39 is 0 Å². The molecule has 0 N–H and O–H groups in total. The van der Waals surface area contributed by atoms with E-state index in [-0.39, 0.29) is 0 Å². The Morgan fingerprint density at radius 2 is 2.08 bits per heavy atom. The van der Waals surface area contributed by atoms with Crippen molar-refractivity contribution < 1.29 is 0 Å². The van der Waals surface area contributed by atoms with Crippen molar-refractivity contribution in [3.63, 3.8) is 0 Å². The maximum Gasteiger partial charge on any atom is 0.188 e. The van der Waals surface area contributed by atoms with Gasteiger partial charge in [-0.3, -0.25) is 0 Å². The summed E-state index contributed by atoms with van der Waals surface area (Å²) in [5.74, 6) is 0.414. The van der Waals surface area contributed by atoms with Crippen LogP contribution in [0.5, 0.6) is 0 Å². The average molecular weight is 180 g/mol. The zero-order chi connectivity index (χ0) is 9.14. The lowest BCUT2D eigenvalue weighted by Gasteiger charge is -2.07. The Labute approximate surface area is 77.8 Å². The molecule has 1 aromatic rings. The maximum absolute atomic E-state index is 6.78. The zero-order valence-electron chi connectivity index (χ0n) is 7.13. The molecule has 0 aliphatic heterocycles. The van der Waals surface area contributed by atoms with Gasteiger partial charge in [-0.25, -0.2) is 4.85 Å². The quantitative estimate of drug-likeness (QED) is 0.574. The Hall–Kier alpha value is -1.00. The highest BCUT2D eigenvalue weighted by molar-refractivity contribution is 6.31. The van der Waals surface area contributed by atoms with Gasteiger partial charge in [-0.2, -0.15) is 0 Å². The van der Waals surface area contributed by atoms with Gasteiger partial charge in [0.05, 0.1) is 6.57 Å². The molecule has 12 heavy (non-hydrogen) atoms. The number of hydrogen-bond acceptors (Lipinski definition) is 0. The summed E-state index contributed by atoms with van der Waals surface area (Å²) in [4.78, 5) is 3.30. The fourth-order valence-corrected chi connectivity index (χ4v) is 1.45. The van der Waals surface area contributed by atoms with Gasteiger partial charge in [-0.15, -0.1) is 0 Å². The molecule has 0 radical (unpaired) electrons. The summed E-state index contributed by atoms with van der Waals surface area (Å²) in [5.41, 5.74) is 1.70. The highest BCUT2D eigenvalue weighted by Crippen LogP contribution is 2.27. The Morgan fingerprint density at radius 1 is 1.42 bits per heavy atom. The third kappa shape index (κ3) is 1.78. The molecule has 0 heterocycles. The maximum atomic E-state index is 6.78. The molecular weight excluding hydrogens is 170 g/mol. The molecule has 0 unspecified atom stereocenters. The van der Waals surface area contributed by atoms with Gasteiger partial charge >= 0.3 is 0 Å². The summed E-state index contributed by atoms with van der Waals surface area (Å²) in [7, 11) is 0. The van der Waals surface area contributed by atoms with Gasteiger partial charge in [-0.1, -0.05) is 37.6 Å². The van der Waals surface area contributed by atoms with E-state index in [0.717, 1.165) is 5.56 Å². The van der Waals surface area contributed by atoms with Crippen LogP contribution in [0.1, 0.15) is 25.3 Å². The molecule has 0 aliphatic rings. The molecule has 0 amide bonds. The van der Waals surface area contributed by atoms with E-state index in [1.807, 2.05) is 6.07 Å². The van der Waals surface area contributed by atoms with Crippen LogP contribution >= 0.6 is 11.6 Å². The third-order valence-electron chi connectivity index (χ3n) is 1.74. The van der Waals surface area contributed by atoms with Crippen molar-refractivity contribution in [2.45, 2.75) is 19.8 Å². The molecule has 0 bridgehead atoms.